The zero-order valence-corrected chi connectivity index (χ0v) is 23.6. The van der Waals surface area contributed by atoms with E-state index in [4.69, 9.17) is 24.4 Å². The molecule has 6 rings (SSSR count). The highest BCUT2D eigenvalue weighted by atomic mass is 16.5. The van der Waals surface area contributed by atoms with Gasteiger partial charge in [0, 0.05) is 11.1 Å². The van der Waals surface area contributed by atoms with Crippen LogP contribution >= 0.6 is 0 Å². The highest BCUT2D eigenvalue weighted by Crippen LogP contribution is 2.37. The number of nitrogens with zero attached hydrogens (tertiary/aromatic N) is 5. The molecule has 42 heavy (non-hydrogen) atoms. The van der Waals surface area contributed by atoms with Gasteiger partial charge in [0.15, 0.2) is 12.0 Å². The van der Waals surface area contributed by atoms with E-state index in [1.54, 1.807) is 26.2 Å². The monoisotopic (exact) mass is 561 g/mol. The molecule has 2 aliphatic heterocycles. The Labute approximate surface area is 244 Å². The van der Waals surface area contributed by atoms with Crippen LogP contribution in [0.1, 0.15) is 18.1 Å². The topological polar surface area (TPSA) is 79.2 Å². The SMILES string of the molecule is CCOC(=O)C1N(c2ccccc2)N=C(c2ccc(OC)cc2)C2N(c3ccccc3)N=C(c3ccc(OC)cc3)N12. The van der Waals surface area contributed by atoms with Gasteiger partial charge in [-0.3, -0.25) is 4.90 Å². The summed E-state index contributed by atoms with van der Waals surface area (Å²) in [6.07, 6.45) is -1.50. The van der Waals surface area contributed by atoms with Gasteiger partial charge in [-0.2, -0.15) is 10.2 Å². The molecule has 0 saturated heterocycles. The molecule has 0 fully saturated rings. The molecule has 2 heterocycles. The zero-order valence-electron chi connectivity index (χ0n) is 23.6. The van der Waals surface area contributed by atoms with Crippen molar-refractivity contribution in [2.75, 3.05) is 30.8 Å². The van der Waals surface area contributed by atoms with Crippen molar-refractivity contribution in [3.8, 4) is 11.5 Å². The summed E-state index contributed by atoms with van der Waals surface area (Å²) in [5, 5.41) is 14.0. The molecular weight excluding hydrogens is 530 g/mol. The summed E-state index contributed by atoms with van der Waals surface area (Å²) in [6, 6.07) is 34.9. The summed E-state index contributed by atoms with van der Waals surface area (Å²) in [7, 11) is 3.27. The van der Waals surface area contributed by atoms with Gasteiger partial charge in [0.2, 0.25) is 6.17 Å². The number of carbonyl (C=O) groups is 1. The molecule has 0 aromatic heterocycles. The van der Waals surface area contributed by atoms with Gasteiger partial charge in [-0.25, -0.2) is 14.8 Å². The molecule has 0 radical (unpaired) electrons. The Bertz CT molecular complexity index is 1590. The second-order valence-corrected chi connectivity index (χ2v) is 9.63. The number of ether oxygens (including phenoxy) is 3. The summed E-state index contributed by atoms with van der Waals surface area (Å²) >= 11 is 0. The van der Waals surface area contributed by atoms with Crippen molar-refractivity contribution in [3.63, 3.8) is 0 Å². The van der Waals surface area contributed by atoms with Crippen molar-refractivity contribution >= 4 is 28.9 Å². The Hall–Kier alpha value is -5.31. The number of benzene rings is 4. The number of hydrogen-bond acceptors (Lipinski definition) is 9. The molecule has 0 spiro atoms. The van der Waals surface area contributed by atoms with Crippen LogP contribution in [0.4, 0.5) is 11.4 Å². The number of anilines is 2. The number of fused-ring (bicyclic) bond motifs is 1. The Morgan fingerprint density at radius 1 is 0.690 bits per heavy atom. The average molecular weight is 562 g/mol. The van der Waals surface area contributed by atoms with Crippen LogP contribution in [-0.2, 0) is 9.53 Å². The molecule has 0 N–H and O–H groups in total. The number of carbonyl (C=O) groups excluding carboxylic acids is 1. The average Bonchev–Trinajstić information content (AvgIpc) is 3.45. The van der Waals surface area contributed by atoms with E-state index in [9.17, 15) is 4.79 Å². The van der Waals surface area contributed by atoms with Gasteiger partial charge in [-0.05, 0) is 79.7 Å². The minimum Gasteiger partial charge on any atom is -0.497 e. The lowest BCUT2D eigenvalue weighted by Crippen LogP contribution is -2.64. The Balaban J connectivity index is 1.60. The Morgan fingerprint density at radius 2 is 1.21 bits per heavy atom. The number of rotatable bonds is 8. The summed E-state index contributed by atoms with van der Waals surface area (Å²) in [6.45, 7) is 2.03. The van der Waals surface area contributed by atoms with E-state index in [1.807, 2.05) is 119 Å². The van der Waals surface area contributed by atoms with Gasteiger partial charge in [0.1, 0.15) is 17.2 Å². The molecule has 212 valence electrons. The predicted molar refractivity (Wildman–Crippen MR) is 163 cm³/mol. The van der Waals surface area contributed by atoms with Crippen molar-refractivity contribution in [1.82, 2.24) is 4.90 Å². The fourth-order valence-corrected chi connectivity index (χ4v) is 5.18. The van der Waals surface area contributed by atoms with Crippen LogP contribution in [0.15, 0.2) is 119 Å². The first-order chi connectivity index (χ1) is 20.6. The zero-order chi connectivity index (χ0) is 29.1. The van der Waals surface area contributed by atoms with Crippen molar-refractivity contribution in [1.29, 1.82) is 0 Å². The summed E-state index contributed by atoms with van der Waals surface area (Å²) in [5.41, 5.74) is 3.98. The summed E-state index contributed by atoms with van der Waals surface area (Å²) < 4.78 is 16.5. The normalized spacial score (nSPS) is 17.7. The maximum atomic E-state index is 13.9. The smallest absolute Gasteiger partial charge is 0.351 e. The van der Waals surface area contributed by atoms with E-state index in [2.05, 4.69) is 0 Å². The van der Waals surface area contributed by atoms with Crippen molar-refractivity contribution < 1.29 is 19.0 Å². The van der Waals surface area contributed by atoms with E-state index in [0.717, 1.165) is 34.0 Å². The highest BCUT2D eigenvalue weighted by molar-refractivity contribution is 6.14. The second-order valence-electron chi connectivity index (χ2n) is 9.63. The van der Waals surface area contributed by atoms with Crippen LogP contribution < -0.4 is 19.5 Å². The molecule has 2 unspecified atom stereocenters. The van der Waals surface area contributed by atoms with Gasteiger partial charge in [0.25, 0.3) is 0 Å². The molecule has 0 saturated carbocycles. The maximum Gasteiger partial charge on any atom is 0.351 e. The number of para-hydroxylation sites is 2. The summed E-state index contributed by atoms with van der Waals surface area (Å²) in [5.74, 6) is 1.63. The lowest BCUT2D eigenvalue weighted by atomic mass is 10.0. The lowest BCUT2D eigenvalue weighted by Gasteiger charge is -2.44. The first kappa shape index (κ1) is 26.9. The molecule has 9 heteroatoms. The third kappa shape index (κ3) is 4.89. The van der Waals surface area contributed by atoms with Crippen LogP contribution in [0.5, 0.6) is 11.5 Å². The van der Waals surface area contributed by atoms with Gasteiger partial charge in [-0.1, -0.05) is 36.4 Å². The molecule has 4 aromatic rings. The van der Waals surface area contributed by atoms with Crippen molar-refractivity contribution in [2.24, 2.45) is 10.2 Å². The molecule has 4 aromatic carbocycles. The highest BCUT2D eigenvalue weighted by Gasteiger charge is 2.51. The quantitative estimate of drug-likeness (QED) is 0.269. The van der Waals surface area contributed by atoms with Crippen LogP contribution in [-0.4, -0.2) is 55.6 Å². The molecule has 9 nitrogen and oxygen atoms in total. The third-order valence-corrected chi connectivity index (χ3v) is 7.17. The third-order valence-electron chi connectivity index (χ3n) is 7.17. The number of hydrazone groups is 2. The molecular formula is C33H31N5O4. The first-order valence-corrected chi connectivity index (χ1v) is 13.7. The standard InChI is InChI=1S/C33H31N5O4/c1-4-42-33(39)32-36-30(24-17-21-28(41-3)22-18-24)35-37(25-11-7-5-8-12-25)31(36)29(23-15-19-27(40-2)20-16-23)34-38(32)26-13-9-6-10-14-26/h5-22,31-32H,4H2,1-3H3. The summed E-state index contributed by atoms with van der Waals surface area (Å²) in [4.78, 5) is 15.9. The number of methoxy groups -OCH3 is 2. The molecule has 2 atom stereocenters. The van der Waals surface area contributed by atoms with E-state index in [0.29, 0.717) is 11.5 Å². The Kier molecular flexibility index (Phi) is 7.47. The molecule has 0 aliphatic carbocycles. The predicted octanol–water partition coefficient (Wildman–Crippen LogP) is 5.33. The van der Waals surface area contributed by atoms with E-state index >= 15 is 0 Å². The second kappa shape index (κ2) is 11.7. The fraction of sp³-hybridized carbons (Fsp3) is 0.182. The molecule has 2 aliphatic rings. The van der Waals surface area contributed by atoms with E-state index in [-0.39, 0.29) is 6.61 Å². The first-order valence-electron chi connectivity index (χ1n) is 13.7. The van der Waals surface area contributed by atoms with Gasteiger partial charge in [-0.15, -0.1) is 0 Å². The van der Waals surface area contributed by atoms with Crippen LogP contribution in [0.3, 0.4) is 0 Å². The van der Waals surface area contributed by atoms with Crippen LogP contribution in [0.25, 0.3) is 0 Å². The van der Waals surface area contributed by atoms with Gasteiger partial charge < -0.3 is 14.2 Å². The van der Waals surface area contributed by atoms with Crippen LogP contribution in [0, 0.1) is 0 Å². The lowest BCUT2D eigenvalue weighted by molar-refractivity contribution is -0.148. The Morgan fingerprint density at radius 3 is 1.74 bits per heavy atom. The van der Waals surface area contributed by atoms with Crippen LogP contribution in [0.2, 0.25) is 0 Å². The number of hydrogen-bond donors (Lipinski definition) is 0. The molecule has 0 amide bonds. The van der Waals surface area contributed by atoms with Crippen molar-refractivity contribution in [3.05, 3.63) is 120 Å². The number of esters is 1. The maximum absolute atomic E-state index is 13.9. The fourth-order valence-electron chi connectivity index (χ4n) is 5.18. The van der Waals surface area contributed by atoms with E-state index < -0.39 is 18.3 Å². The number of amidine groups is 1. The minimum absolute atomic E-state index is 0.225. The minimum atomic E-state index is -0.936. The van der Waals surface area contributed by atoms with E-state index in [1.165, 1.54) is 0 Å². The van der Waals surface area contributed by atoms with Crippen molar-refractivity contribution in [2.45, 2.75) is 19.3 Å². The molecule has 0 bridgehead atoms. The largest absolute Gasteiger partial charge is 0.497 e. The van der Waals surface area contributed by atoms with Gasteiger partial charge in [0.05, 0.1) is 32.2 Å². The van der Waals surface area contributed by atoms with Gasteiger partial charge >= 0.3 is 5.97 Å².